The number of carboxylic acids is 1. The van der Waals surface area contributed by atoms with E-state index in [-0.39, 0.29) is 18.4 Å². The van der Waals surface area contributed by atoms with E-state index < -0.39 is 5.97 Å². The maximum atomic E-state index is 10.1. The van der Waals surface area contributed by atoms with Gasteiger partial charge in [0.25, 0.3) is 0 Å². The average Bonchev–Trinajstić information content (AvgIpc) is 2.14. The summed E-state index contributed by atoms with van der Waals surface area (Å²) in [5, 5.41) is 8.28. The summed E-state index contributed by atoms with van der Waals surface area (Å²) in [4.78, 5) is 10.1. The van der Waals surface area contributed by atoms with Crippen LogP contribution in [0.3, 0.4) is 0 Å². The van der Waals surface area contributed by atoms with Crippen LogP contribution < -0.4 is 5.73 Å². The van der Waals surface area contributed by atoms with Gasteiger partial charge in [-0.05, 0) is 6.08 Å². The minimum atomic E-state index is -1.05. The number of ether oxygens (including phenoxy) is 1. The van der Waals surface area contributed by atoms with E-state index in [4.69, 9.17) is 10.8 Å². The van der Waals surface area contributed by atoms with E-state index in [1.54, 1.807) is 0 Å². The van der Waals surface area contributed by atoms with Crippen LogP contribution in [-0.4, -0.2) is 23.7 Å². The van der Waals surface area contributed by atoms with Crippen molar-refractivity contribution in [3.63, 3.8) is 0 Å². The second-order valence-electron chi connectivity index (χ2n) is 1.81. The molecule has 9 heavy (non-hydrogen) atoms. The van der Waals surface area contributed by atoms with Gasteiger partial charge in [0.1, 0.15) is 6.61 Å². The molecule has 4 heteroatoms. The standard InChI is InChI=1S/C5H7NO3/c6-3-1-4(5(7)8)9-2-3/h1,3H,2,6H2,(H,7,8)/t3-/m0/s1. The third kappa shape index (κ3) is 1.20. The van der Waals surface area contributed by atoms with Crippen LogP contribution in [0.2, 0.25) is 0 Å². The van der Waals surface area contributed by atoms with Crippen molar-refractivity contribution >= 4 is 5.97 Å². The lowest BCUT2D eigenvalue weighted by Crippen LogP contribution is -2.17. The fourth-order valence-electron chi connectivity index (χ4n) is 0.610. The van der Waals surface area contributed by atoms with Crippen molar-refractivity contribution in [1.82, 2.24) is 0 Å². The van der Waals surface area contributed by atoms with E-state index >= 15 is 0 Å². The van der Waals surface area contributed by atoms with Gasteiger partial charge in [0.2, 0.25) is 5.76 Å². The van der Waals surface area contributed by atoms with Crippen molar-refractivity contribution in [2.75, 3.05) is 6.61 Å². The van der Waals surface area contributed by atoms with Gasteiger partial charge >= 0.3 is 5.97 Å². The first-order valence-electron chi connectivity index (χ1n) is 2.53. The van der Waals surface area contributed by atoms with Crippen LogP contribution in [0.4, 0.5) is 0 Å². The van der Waals surface area contributed by atoms with Crippen LogP contribution >= 0.6 is 0 Å². The Bertz CT molecular complexity index is 164. The molecule has 1 heterocycles. The highest BCUT2D eigenvalue weighted by Crippen LogP contribution is 2.07. The topological polar surface area (TPSA) is 72.6 Å². The number of rotatable bonds is 1. The molecule has 0 radical (unpaired) electrons. The first-order chi connectivity index (χ1) is 4.20. The third-order valence-corrected chi connectivity index (χ3v) is 1.01. The first kappa shape index (κ1) is 6.10. The summed E-state index contributed by atoms with van der Waals surface area (Å²) in [6.45, 7) is 0.279. The molecule has 1 rings (SSSR count). The Labute approximate surface area is 51.9 Å². The van der Waals surface area contributed by atoms with Crippen LogP contribution in [0.1, 0.15) is 0 Å². The lowest BCUT2D eigenvalue weighted by Gasteiger charge is -1.95. The molecule has 3 N–H and O–H groups in total. The molecule has 0 unspecified atom stereocenters. The maximum absolute atomic E-state index is 10.1. The van der Waals surface area contributed by atoms with Gasteiger partial charge in [-0.25, -0.2) is 4.79 Å². The van der Waals surface area contributed by atoms with Gasteiger partial charge in [0.05, 0.1) is 6.04 Å². The predicted molar refractivity (Wildman–Crippen MR) is 29.6 cm³/mol. The molecule has 1 aliphatic heterocycles. The van der Waals surface area contributed by atoms with Gasteiger partial charge in [-0.2, -0.15) is 0 Å². The Kier molecular flexibility index (Phi) is 1.40. The third-order valence-electron chi connectivity index (χ3n) is 1.01. The molecule has 4 nitrogen and oxygen atoms in total. The van der Waals surface area contributed by atoms with E-state index in [9.17, 15) is 4.79 Å². The highest BCUT2D eigenvalue weighted by molar-refractivity contribution is 5.84. The molecule has 0 aromatic heterocycles. The summed E-state index contributed by atoms with van der Waals surface area (Å²) in [6, 6.07) is -0.254. The molecule has 0 amide bonds. The molecule has 0 aliphatic carbocycles. The predicted octanol–water partition coefficient (Wildman–Crippen LogP) is -0.688. The minimum Gasteiger partial charge on any atom is -0.485 e. The Morgan fingerprint density at radius 3 is 2.89 bits per heavy atom. The summed E-state index contributed by atoms with van der Waals surface area (Å²) in [5.41, 5.74) is 5.30. The van der Waals surface area contributed by atoms with Crippen LogP contribution in [0.25, 0.3) is 0 Å². The van der Waals surface area contributed by atoms with E-state index in [2.05, 4.69) is 4.74 Å². The number of hydrogen-bond acceptors (Lipinski definition) is 3. The molecule has 1 atom stereocenters. The van der Waals surface area contributed by atoms with E-state index in [0.29, 0.717) is 0 Å². The molecule has 0 aromatic carbocycles. The molecule has 0 aromatic rings. The number of carbonyl (C=O) groups is 1. The zero-order valence-corrected chi connectivity index (χ0v) is 4.70. The maximum Gasteiger partial charge on any atom is 0.370 e. The summed E-state index contributed by atoms with van der Waals surface area (Å²) in [7, 11) is 0. The lowest BCUT2D eigenvalue weighted by atomic mass is 10.3. The van der Waals surface area contributed by atoms with Crippen molar-refractivity contribution in [2.45, 2.75) is 6.04 Å². The number of carboxylic acid groups (broad SMARTS) is 1. The van der Waals surface area contributed by atoms with Crippen LogP contribution in [-0.2, 0) is 9.53 Å². The van der Waals surface area contributed by atoms with Crippen molar-refractivity contribution in [3.8, 4) is 0 Å². The van der Waals surface area contributed by atoms with Gasteiger partial charge in [-0.15, -0.1) is 0 Å². The van der Waals surface area contributed by atoms with Gasteiger partial charge in [0, 0.05) is 0 Å². The Hall–Kier alpha value is -1.03. The zero-order valence-electron chi connectivity index (χ0n) is 4.70. The number of nitrogens with two attached hydrogens (primary N) is 1. The van der Waals surface area contributed by atoms with Crippen molar-refractivity contribution in [3.05, 3.63) is 11.8 Å². The van der Waals surface area contributed by atoms with Crippen LogP contribution in [0.15, 0.2) is 11.8 Å². The summed E-state index contributed by atoms with van der Waals surface area (Å²) < 4.78 is 4.66. The second kappa shape index (κ2) is 2.06. The molecule has 0 saturated heterocycles. The van der Waals surface area contributed by atoms with E-state index in [1.165, 1.54) is 6.08 Å². The first-order valence-corrected chi connectivity index (χ1v) is 2.53. The van der Waals surface area contributed by atoms with Gasteiger partial charge < -0.3 is 15.6 Å². The van der Waals surface area contributed by atoms with Crippen molar-refractivity contribution < 1.29 is 14.6 Å². The molecular weight excluding hydrogens is 122 g/mol. The molecule has 0 bridgehead atoms. The van der Waals surface area contributed by atoms with E-state index in [0.717, 1.165) is 0 Å². The molecule has 1 aliphatic rings. The Balaban J connectivity index is 2.62. The monoisotopic (exact) mass is 129 g/mol. The van der Waals surface area contributed by atoms with Crippen LogP contribution in [0.5, 0.6) is 0 Å². The summed E-state index contributed by atoms with van der Waals surface area (Å²) >= 11 is 0. The molecule has 50 valence electrons. The van der Waals surface area contributed by atoms with Crippen LogP contribution in [0, 0.1) is 0 Å². The normalized spacial score (nSPS) is 25.0. The van der Waals surface area contributed by atoms with Gasteiger partial charge in [-0.1, -0.05) is 0 Å². The zero-order chi connectivity index (χ0) is 6.85. The fourth-order valence-corrected chi connectivity index (χ4v) is 0.610. The Morgan fingerprint density at radius 1 is 2.00 bits per heavy atom. The minimum absolute atomic E-state index is 0.0394. The van der Waals surface area contributed by atoms with Crippen molar-refractivity contribution in [1.29, 1.82) is 0 Å². The number of aliphatic carboxylic acids is 1. The molecule has 0 spiro atoms. The fraction of sp³-hybridized carbons (Fsp3) is 0.400. The molecule has 0 saturated carbocycles. The lowest BCUT2D eigenvalue weighted by molar-refractivity contribution is -0.136. The van der Waals surface area contributed by atoms with E-state index in [1.807, 2.05) is 0 Å². The molecule has 0 fully saturated rings. The smallest absolute Gasteiger partial charge is 0.370 e. The molecular formula is C5H7NO3. The average molecular weight is 129 g/mol. The second-order valence-corrected chi connectivity index (χ2v) is 1.81. The highest BCUT2D eigenvalue weighted by atomic mass is 16.5. The summed E-state index contributed by atoms with van der Waals surface area (Å²) in [5.74, 6) is -1.09. The van der Waals surface area contributed by atoms with Gasteiger partial charge in [-0.3, -0.25) is 0 Å². The van der Waals surface area contributed by atoms with Crippen molar-refractivity contribution in [2.24, 2.45) is 5.73 Å². The highest BCUT2D eigenvalue weighted by Gasteiger charge is 2.17. The SMILES string of the molecule is N[C@H]1C=C(C(=O)O)OC1. The summed E-state index contributed by atoms with van der Waals surface area (Å²) in [6.07, 6.45) is 1.39. The Morgan fingerprint density at radius 2 is 2.67 bits per heavy atom. The quantitative estimate of drug-likeness (QED) is 0.491. The number of hydrogen-bond donors (Lipinski definition) is 2. The van der Waals surface area contributed by atoms with Gasteiger partial charge in [0.15, 0.2) is 0 Å². The largest absolute Gasteiger partial charge is 0.485 e.